The molecule has 9 nitrogen and oxygen atoms in total. The van der Waals surface area contributed by atoms with Crippen molar-refractivity contribution < 1.29 is 27.4 Å². The molecule has 2 heterocycles. The largest absolute Gasteiger partial charge is 0.492 e. The number of piperazine rings is 1. The van der Waals surface area contributed by atoms with Crippen molar-refractivity contribution in [2.75, 3.05) is 46.1 Å². The fourth-order valence-corrected chi connectivity index (χ4v) is 5.19. The summed E-state index contributed by atoms with van der Waals surface area (Å²) in [5.41, 5.74) is 1.46. The number of nitrogens with zero attached hydrogens (tertiary/aromatic N) is 2. The molecule has 2 aliphatic rings. The number of carbonyl (C=O) groups excluding carboxylic acids is 1. The van der Waals surface area contributed by atoms with Gasteiger partial charge in [0.1, 0.15) is 10.6 Å². The quantitative estimate of drug-likeness (QED) is 0.624. The Morgan fingerprint density at radius 2 is 1.79 bits per heavy atom. The van der Waals surface area contributed by atoms with Crippen LogP contribution in [0, 0.1) is 0 Å². The number of amides is 1. The van der Waals surface area contributed by atoms with Crippen LogP contribution in [-0.2, 0) is 16.6 Å². The van der Waals surface area contributed by atoms with E-state index in [9.17, 15) is 13.2 Å². The predicted octanol–water partition coefficient (Wildman–Crippen LogP) is 2.07. The molecule has 0 aliphatic carbocycles. The van der Waals surface area contributed by atoms with Gasteiger partial charge in [0.25, 0.3) is 5.91 Å². The molecule has 1 fully saturated rings. The first kappa shape index (κ1) is 23.3. The third-order valence-electron chi connectivity index (χ3n) is 5.62. The average molecular weight is 476 g/mol. The summed E-state index contributed by atoms with van der Waals surface area (Å²) >= 11 is 0. The molecule has 0 saturated carbocycles. The van der Waals surface area contributed by atoms with Gasteiger partial charge in [-0.3, -0.25) is 9.69 Å². The van der Waals surface area contributed by atoms with E-state index in [1.54, 1.807) is 30.9 Å². The van der Waals surface area contributed by atoms with Crippen LogP contribution in [0.1, 0.15) is 29.8 Å². The molecular weight excluding hydrogens is 446 g/mol. The molecule has 33 heavy (non-hydrogen) atoms. The first-order valence-electron chi connectivity index (χ1n) is 11.1. The van der Waals surface area contributed by atoms with Crippen molar-refractivity contribution in [3.63, 3.8) is 0 Å². The SMILES string of the molecule is CCNS(=O)(=O)c1cc(C(=O)N2CCN(Cc3ccc4c(c3)OCO4)CC2)ccc1OCC. The lowest BCUT2D eigenvalue weighted by Gasteiger charge is -2.35. The molecule has 178 valence electrons. The van der Waals surface area contributed by atoms with Gasteiger partial charge >= 0.3 is 0 Å². The van der Waals surface area contributed by atoms with E-state index in [2.05, 4.69) is 9.62 Å². The number of benzene rings is 2. The van der Waals surface area contributed by atoms with Crippen LogP contribution < -0.4 is 18.9 Å². The zero-order valence-electron chi connectivity index (χ0n) is 18.9. The first-order chi connectivity index (χ1) is 15.9. The molecule has 0 bridgehead atoms. The van der Waals surface area contributed by atoms with E-state index in [4.69, 9.17) is 14.2 Å². The normalized spacial score (nSPS) is 16.1. The highest BCUT2D eigenvalue weighted by Gasteiger charge is 2.26. The fraction of sp³-hybridized carbons (Fsp3) is 0.435. The Morgan fingerprint density at radius 3 is 2.52 bits per heavy atom. The number of nitrogens with one attached hydrogen (secondary N) is 1. The van der Waals surface area contributed by atoms with E-state index in [1.165, 1.54) is 6.07 Å². The number of rotatable bonds is 8. The third-order valence-corrected chi connectivity index (χ3v) is 7.18. The van der Waals surface area contributed by atoms with Gasteiger partial charge in [-0.05, 0) is 42.8 Å². The van der Waals surface area contributed by atoms with Crippen molar-refractivity contribution in [2.24, 2.45) is 0 Å². The van der Waals surface area contributed by atoms with Crippen molar-refractivity contribution in [3.05, 3.63) is 47.5 Å². The molecule has 2 aromatic rings. The summed E-state index contributed by atoms with van der Waals surface area (Å²) in [6, 6.07) is 10.5. The summed E-state index contributed by atoms with van der Waals surface area (Å²) < 4.78 is 44.0. The smallest absolute Gasteiger partial charge is 0.253 e. The fourth-order valence-electron chi connectivity index (χ4n) is 3.98. The van der Waals surface area contributed by atoms with Gasteiger partial charge in [-0.1, -0.05) is 13.0 Å². The van der Waals surface area contributed by atoms with Crippen molar-refractivity contribution in [2.45, 2.75) is 25.3 Å². The van der Waals surface area contributed by atoms with Gasteiger partial charge < -0.3 is 19.1 Å². The molecular formula is C23H29N3O6S. The molecule has 2 aliphatic heterocycles. The van der Waals surface area contributed by atoms with E-state index < -0.39 is 10.0 Å². The number of fused-ring (bicyclic) bond motifs is 1. The highest BCUT2D eigenvalue weighted by Crippen LogP contribution is 2.33. The molecule has 10 heteroatoms. The van der Waals surface area contributed by atoms with Crippen LogP contribution in [-0.4, -0.2) is 70.2 Å². The number of sulfonamides is 1. The minimum Gasteiger partial charge on any atom is -0.492 e. The van der Waals surface area contributed by atoms with E-state index >= 15 is 0 Å². The maximum absolute atomic E-state index is 13.1. The Kier molecular flexibility index (Phi) is 7.06. The lowest BCUT2D eigenvalue weighted by atomic mass is 10.1. The van der Waals surface area contributed by atoms with Crippen molar-refractivity contribution in [1.29, 1.82) is 0 Å². The van der Waals surface area contributed by atoms with Gasteiger partial charge in [-0.15, -0.1) is 0 Å². The van der Waals surface area contributed by atoms with E-state index in [-0.39, 0.29) is 29.9 Å². The molecule has 1 N–H and O–H groups in total. The van der Waals surface area contributed by atoms with Crippen LogP contribution in [0.25, 0.3) is 0 Å². The summed E-state index contributed by atoms with van der Waals surface area (Å²) in [6.45, 7) is 7.64. The lowest BCUT2D eigenvalue weighted by molar-refractivity contribution is 0.0628. The molecule has 0 spiro atoms. The van der Waals surface area contributed by atoms with Crippen LogP contribution in [0.4, 0.5) is 0 Å². The Hall–Kier alpha value is -2.82. The van der Waals surface area contributed by atoms with Crippen LogP contribution in [0.2, 0.25) is 0 Å². The standard InChI is InChI=1S/C23H29N3O6S/c1-3-24-33(28,29)22-14-18(6-8-20(22)30-4-2)23(27)26-11-9-25(10-12-26)15-17-5-7-19-21(13-17)32-16-31-19/h5-8,13-14,24H,3-4,9-12,15-16H2,1-2H3. The maximum atomic E-state index is 13.1. The Balaban J connectivity index is 1.42. The number of hydrogen-bond acceptors (Lipinski definition) is 7. The molecule has 0 atom stereocenters. The predicted molar refractivity (Wildman–Crippen MR) is 122 cm³/mol. The zero-order chi connectivity index (χ0) is 23.4. The van der Waals surface area contributed by atoms with Crippen LogP contribution >= 0.6 is 0 Å². The highest BCUT2D eigenvalue weighted by molar-refractivity contribution is 7.89. The van der Waals surface area contributed by atoms with E-state index in [1.807, 2.05) is 18.2 Å². The molecule has 0 unspecified atom stereocenters. The zero-order valence-corrected chi connectivity index (χ0v) is 19.7. The first-order valence-corrected chi connectivity index (χ1v) is 12.6. The van der Waals surface area contributed by atoms with Gasteiger partial charge in [-0.2, -0.15) is 0 Å². The van der Waals surface area contributed by atoms with Crippen molar-refractivity contribution >= 4 is 15.9 Å². The van der Waals surface area contributed by atoms with Crippen LogP contribution in [0.5, 0.6) is 17.2 Å². The van der Waals surface area contributed by atoms with E-state index in [0.717, 1.165) is 36.7 Å². The Morgan fingerprint density at radius 1 is 1.03 bits per heavy atom. The molecule has 1 amide bonds. The Bertz CT molecular complexity index is 1110. The molecule has 4 rings (SSSR count). The number of hydrogen-bond donors (Lipinski definition) is 1. The van der Waals surface area contributed by atoms with Gasteiger partial charge in [0.05, 0.1) is 6.61 Å². The van der Waals surface area contributed by atoms with Crippen molar-refractivity contribution in [1.82, 2.24) is 14.5 Å². The molecule has 0 radical (unpaired) electrons. The molecule has 1 saturated heterocycles. The minimum absolute atomic E-state index is 0.0153. The van der Waals surface area contributed by atoms with Gasteiger partial charge in [0.15, 0.2) is 11.5 Å². The number of carbonyl (C=O) groups is 1. The minimum atomic E-state index is -3.77. The molecule has 2 aromatic carbocycles. The topological polar surface area (TPSA) is 97.4 Å². The summed E-state index contributed by atoms with van der Waals surface area (Å²) in [4.78, 5) is 17.1. The third kappa shape index (κ3) is 5.23. The summed E-state index contributed by atoms with van der Waals surface area (Å²) in [6.07, 6.45) is 0. The monoisotopic (exact) mass is 475 g/mol. The van der Waals surface area contributed by atoms with Crippen LogP contribution in [0.15, 0.2) is 41.3 Å². The lowest BCUT2D eigenvalue weighted by Crippen LogP contribution is -2.48. The maximum Gasteiger partial charge on any atom is 0.253 e. The summed E-state index contributed by atoms with van der Waals surface area (Å²) in [5, 5.41) is 0. The summed E-state index contributed by atoms with van der Waals surface area (Å²) in [7, 11) is -3.77. The average Bonchev–Trinajstić information content (AvgIpc) is 3.27. The van der Waals surface area contributed by atoms with Gasteiger partial charge in [0, 0.05) is 44.8 Å². The number of ether oxygens (including phenoxy) is 3. The second-order valence-electron chi connectivity index (χ2n) is 7.85. The second kappa shape index (κ2) is 9.98. The van der Waals surface area contributed by atoms with Crippen LogP contribution in [0.3, 0.4) is 0 Å². The second-order valence-corrected chi connectivity index (χ2v) is 9.59. The highest BCUT2D eigenvalue weighted by atomic mass is 32.2. The van der Waals surface area contributed by atoms with Gasteiger partial charge in [-0.25, -0.2) is 13.1 Å². The van der Waals surface area contributed by atoms with E-state index in [0.29, 0.717) is 25.3 Å². The Labute approximate surface area is 194 Å². The van der Waals surface area contributed by atoms with Gasteiger partial charge in [0.2, 0.25) is 16.8 Å². The van der Waals surface area contributed by atoms with Crippen molar-refractivity contribution in [3.8, 4) is 17.2 Å². The summed E-state index contributed by atoms with van der Waals surface area (Å²) in [5.74, 6) is 1.58. The molecule has 0 aromatic heterocycles.